The number of hydrogen-bond donors (Lipinski definition) is 0. The topological polar surface area (TPSA) is 38.7 Å². The fourth-order valence-corrected chi connectivity index (χ4v) is 6.43. The molecule has 1 fully saturated rings. The van der Waals surface area contributed by atoms with E-state index in [9.17, 15) is 0 Å². The van der Waals surface area contributed by atoms with Gasteiger partial charge in [-0.1, -0.05) is 341 Å². The van der Waals surface area contributed by atoms with E-state index in [-0.39, 0.29) is 398 Å². The van der Waals surface area contributed by atoms with Gasteiger partial charge < -0.3 is 81.7 Å². The standard InChI is InChI=1S/C10H12.C10H8.2C9H7N.C6H6.C5H5N.C5H10.7C4H10.11CH3.15W/c2*1-2-6-10-8-4-3-7-9(10)5-1;1-2-6-9-8(4-1)5-3-7-10-9;1-2-4-9-7-10-6-5-8(9)3-1;2*1-2-4-6-5-3-1;1-2-4-5-3-1;7*1-4(2)3;;;;;;;;;;;;;;;;;;;;;;;;;;/h1-2,5-6H,3-4,7-8H2;1-8H;2*1-7H;1-6H;1-5H;1-5H2;7*4H,1-3H3;11*1H3;;;;;;;;;;;;;;;/q;;;;;;;;;;;;;;11*-1;;;;;;;;;;;;;;;. The molecule has 646 valence electrons. The predicted octanol–water partition coefficient (Wildman–Crippen LogP) is 31.1. The summed E-state index contributed by atoms with van der Waals surface area (Å²) in [6, 6.07) is 65.5. The summed E-state index contributed by atoms with van der Waals surface area (Å²) in [5.74, 6) is 5.83. The van der Waals surface area contributed by atoms with Crippen molar-refractivity contribution in [3.63, 3.8) is 0 Å². The van der Waals surface area contributed by atoms with Gasteiger partial charge in [-0.3, -0.25) is 15.0 Å². The van der Waals surface area contributed by atoms with Gasteiger partial charge in [0.05, 0.1) is 5.52 Å². The van der Waals surface area contributed by atoms with Crippen LogP contribution in [-0.2, 0) is 329 Å². The Kier molecular flexibility index (Phi) is 276. The number of benzene rings is 6. The quantitative estimate of drug-likeness (QED) is 0.142. The molecule has 0 N–H and O–H groups in total. The van der Waals surface area contributed by atoms with E-state index in [1.54, 1.807) is 23.5 Å². The minimum Gasteiger partial charge on any atom is -0.358 e. The van der Waals surface area contributed by atoms with Crippen LogP contribution in [0.5, 0.6) is 0 Å². The van der Waals surface area contributed by atoms with Gasteiger partial charge in [0, 0.05) is 352 Å². The van der Waals surface area contributed by atoms with Gasteiger partial charge in [0.2, 0.25) is 0 Å². The van der Waals surface area contributed by atoms with Crippen molar-refractivity contribution >= 4 is 32.4 Å². The van der Waals surface area contributed by atoms with Crippen LogP contribution in [0.1, 0.15) is 201 Å². The van der Waals surface area contributed by atoms with Gasteiger partial charge in [0.1, 0.15) is 0 Å². The molecular formula is C93H158N3W15-11. The minimum absolute atomic E-state index is 0. The molecule has 0 amide bonds. The van der Waals surface area contributed by atoms with Gasteiger partial charge in [-0.2, -0.15) is 0 Å². The van der Waals surface area contributed by atoms with Crippen molar-refractivity contribution in [2.45, 2.75) is 203 Å². The molecule has 0 unspecified atom stereocenters. The second-order valence-corrected chi connectivity index (χ2v) is 25.8. The zero-order chi connectivity index (χ0) is 64.3. The molecule has 3 heterocycles. The Hall–Kier alpha value is 3.87. The summed E-state index contributed by atoms with van der Waals surface area (Å²) in [4.78, 5) is 12.0. The maximum atomic E-state index is 4.18. The molecule has 11 rings (SSSR count). The Labute approximate surface area is 912 Å². The van der Waals surface area contributed by atoms with Crippen molar-refractivity contribution in [1.29, 1.82) is 0 Å². The second kappa shape index (κ2) is 151. The molecule has 6 aromatic carbocycles. The smallest absolute Gasteiger partial charge is 0.0701 e. The van der Waals surface area contributed by atoms with Gasteiger partial charge in [-0.15, -0.1) is 0 Å². The first-order valence-corrected chi connectivity index (χ1v) is 32.4. The van der Waals surface area contributed by atoms with Gasteiger partial charge in [0.15, 0.2) is 0 Å². The van der Waals surface area contributed by atoms with E-state index in [1.165, 1.54) is 84.7 Å². The van der Waals surface area contributed by atoms with Gasteiger partial charge in [-0.25, -0.2) is 0 Å². The molecule has 0 bridgehead atoms. The predicted molar refractivity (Wildman–Crippen MR) is 458 cm³/mol. The molecule has 18 heteroatoms. The average Bonchev–Trinajstić information content (AvgIpc) is 0.940. The maximum absolute atomic E-state index is 4.18. The van der Waals surface area contributed by atoms with Crippen molar-refractivity contribution in [3.05, 3.63) is 318 Å². The van der Waals surface area contributed by atoms with E-state index in [2.05, 4.69) is 257 Å². The molecule has 1 saturated carbocycles. The van der Waals surface area contributed by atoms with Gasteiger partial charge in [-0.05, 0) is 130 Å². The molecule has 0 radical (unpaired) electrons. The number of hydrogen-bond acceptors (Lipinski definition) is 3. The largest absolute Gasteiger partial charge is 0.358 e. The molecule has 2 aliphatic carbocycles. The number of aryl methyl sites for hydroxylation is 2. The van der Waals surface area contributed by atoms with Crippen LogP contribution in [-0.4, -0.2) is 15.0 Å². The van der Waals surface area contributed by atoms with Crippen LogP contribution >= 0.6 is 0 Å². The first-order chi connectivity index (χ1) is 40.5. The SMILES string of the molecule is C1CCCC1.CC(C)C.CC(C)C.CC(C)C.CC(C)C.CC(C)C.CC(C)C.CC(C)C.[CH3-].[CH3-].[CH3-].[CH3-].[CH3-].[CH3-].[CH3-].[CH3-].[CH3-].[CH3-].[CH3-].[W].[W].[W].[W].[W].[W].[W].[W].[W].[W].[W].[W].[W].[W].[W].c1ccc2c(c1)CCCC2.c1ccc2ccccc2c1.c1ccc2cnccc2c1.c1ccc2ncccc2c1.c1ccccc1.c1ccncc1. The monoisotopic (exact) mass is 4080 g/mol. The Morgan fingerprint density at radius 2 is 0.396 bits per heavy atom. The molecule has 0 atom stereocenters. The molecule has 111 heavy (non-hydrogen) atoms. The van der Waals surface area contributed by atoms with Crippen molar-refractivity contribution in [2.75, 3.05) is 0 Å². The fourth-order valence-electron chi connectivity index (χ4n) is 6.43. The molecule has 0 saturated heterocycles. The molecule has 0 spiro atoms. The second-order valence-electron chi connectivity index (χ2n) is 25.8. The van der Waals surface area contributed by atoms with Crippen molar-refractivity contribution in [1.82, 2.24) is 15.0 Å². The number of para-hydroxylation sites is 1. The summed E-state index contributed by atoms with van der Waals surface area (Å²) in [7, 11) is 0. The number of aromatic nitrogens is 3. The molecule has 2 aliphatic rings. The van der Waals surface area contributed by atoms with E-state index >= 15 is 0 Å². The summed E-state index contributed by atoms with van der Waals surface area (Å²) in [6.45, 7) is 45.5. The number of rotatable bonds is 0. The van der Waals surface area contributed by atoms with E-state index in [4.69, 9.17) is 0 Å². The van der Waals surface area contributed by atoms with Gasteiger partial charge in [0.25, 0.3) is 0 Å². The van der Waals surface area contributed by atoms with Crippen LogP contribution in [0.3, 0.4) is 0 Å². The van der Waals surface area contributed by atoms with Crippen molar-refractivity contribution in [3.8, 4) is 0 Å². The van der Waals surface area contributed by atoms with Crippen LogP contribution in [0.4, 0.5) is 0 Å². The zero-order valence-corrected chi connectivity index (χ0v) is 119. The molecule has 9 aromatic rings. The summed E-state index contributed by atoms with van der Waals surface area (Å²) in [5.41, 5.74) is 4.22. The van der Waals surface area contributed by atoms with Crippen LogP contribution in [0.25, 0.3) is 32.4 Å². The van der Waals surface area contributed by atoms with Crippen LogP contribution in [0, 0.1) is 123 Å². The molecule has 0 aliphatic heterocycles. The number of pyridine rings is 3. The Morgan fingerprint density at radius 3 is 0.622 bits per heavy atom. The summed E-state index contributed by atoms with van der Waals surface area (Å²) < 4.78 is 0. The molecule has 3 aromatic heterocycles. The number of nitrogens with zero attached hydrogens (tertiary/aromatic N) is 3. The van der Waals surface area contributed by atoms with Crippen LogP contribution in [0.2, 0.25) is 0 Å². The third kappa shape index (κ3) is 165. The Morgan fingerprint density at radius 1 is 0.189 bits per heavy atom. The summed E-state index contributed by atoms with van der Waals surface area (Å²) in [5, 5.41) is 6.27. The Balaban J connectivity index is -0.0000000241. The van der Waals surface area contributed by atoms with E-state index in [1.807, 2.05) is 116 Å². The minimum atomic E-state index is 0. The third-order valence-corrected chi connectivity index (χ3v) is 9.46. The fraction of sp³-hybridized carbons (Fsp3) is 0.398. The van der Waals surface area contributed by atoms with Crippen molar-refractivity contribution in [2.24, 2.45) is 41.4 Å². The maximum Gasteiger partial charge on any atom is 0.0701 e. The van der Waals surface area contributed by atoms with E-state index in [0.29, 0.717) is 0 Å². The number of fused-ring (bicyclic) bond motifs is 4. The average molecular weight is 4080 g/mol. The summed E-state index contributed by atoms with van der Waals surface area (Å²) >= 11 is 0. The van der Waals surface area contributed by atoms with Crippen LogP contribution in [0.15, 0.2) is 225 Å². The van der Waals surface area contributed by atoms with E-state index in [0.717, 1.165) is 46.9 Å². The molecule has 3 nitrogen and oxygen atoms in total. The van der Waals surface area contributed by atoms with Crippen LogP contribution < -0.4 is 0 Å². The normalized spacial score (nSPS) is 8.40. The Bertz CT molecular complexity index is 2220. The summed E-state index contributed by atoms with van der Waals surface area (Å²) in [6.07, 6.45) is 21.9. The first-order valence-electron chi connectivity index (χ1n) is 32.4. The van der Waals surface area contributed by atoms with Crippen molar-refractivity contribution < 1.29 is 316 Å². The first kappa shape index (κ1) is 202. The van der Waals surface area contributed by atoms with Gasteiger partial charge >= 0.3 is 0 Å². The zero-order valence-electron chi connectivity index (χ0n) is 75.2. The van der Waals surface area contributed by atoms with E-state index < -0.39 is 0 Å². The third-order valence-electron chi connectivity index (χ3n) is 9.46. The molecular weight excluding hydrogens is 3920 g/mol.